The maximum atomic E-state index is 5.73. The van der Waals surface area contributed by atoms with Crippen LogP contribution < -0.4 is 14.9 Å². The van der Waals surface area contributed by atoms with Gasteiger partial charge < -0.3 is 9.47 Å². The van der Waals surface area contributed by atoms with Crippen molar-refractivity contribution in [3.8, 4) is 11.5 Å². The molecular weight excluding hydrogens is 344 g/mol. The first-order valence-corrected chi connectivity index (χ1v) is 7.77. The number of methoxy groups -OCH3 is 1. The molecule has 0 aliphatic heterocycles. The number of nitrogens with one attached hydrogen (secondary N) is 1. The lowest BCUT2D eigenvalue weighted by atomic mass is 10.2. The van der Waals surface area contributed by atoms with E-state index in [1.54, 1.807) is 13.3 Å². The number of hydrazone groups is 1. The molecule has 0 heterocycles. The Bertz CT molecular complexity index is 643. The Morgan fingerprint density at radius 1 is 1.14 bits per heavy atom. The van der Waals surface area contributed by atoms with Crippen molar-refractivity contribution in [1.82, 2.24) is 0 Å². The molecule has 0 aliphatic carbocycles. The second-order valence-electron chi connectivity index (χ2n) is 4.93. The molecule has 2 aromatic rings. The number of benzene rings is 2. The summed E-state index contributed by atoms with van der Waals surface area (Å²) in [5, 5.41) is 4.24. The van der Waals surface area contributed by atoms with E-state index in [1.165, 1.54) is 0 Å². The lowest BCUT2D eigenvalue weighted by molar-refractivity contribution is 0.230. The first-order valence-electron chi connectivity index (χ1n) is 6.98. The van der Waals surface area contributed by atoms with Crippen LogP contribution >= 0.6 is 15.9 Å². The Morgan fingerprint density at radius 2 is 1.86 bits per heavy atom. The summed E-state index contributed by atoms with van der Waals surface area (Å²) in [6.07, 6.45) is 1.82. The molecule has 22 heavy (non-hydrogen) atoms. The number of nitrogens with zero attached hydrogens (tertiary/aromatic N) is 1. The molecule has 2 aromatic carbocycles. The fourth-order valence-electron chi connectivity index (χ4n) is 1.84. The first-order chi connectivity index (χ1) is 10.6. The van der Waals surface area contributed by atoms with Crippen LogP contribution in [0.3, 0.4) is 0 Å². The molecule has 0 radical (unpaired) electrons. The molecular formula is C17H19BrN2O2. The highest BCUT2D eigenvalue weighted by atomic mass is 79.9. The zero-order valence-corrected chi connectivity index (χ0v) is 14.4. The Balaban J connectivity index is 2.17. The second-order valence-corrected chi connectivity index (χ2v) is 5.78. The summed E-state index contributed by atoms with van der Waals surface area (Å²) in [4.78, 5) is 0. The zero-order chi connectivity index (χ0) is 15.9. The standard InChI is InChI=1S/C17H19BrN2O2/c1-12(2)22-17-10-15(18)13(9-16(17)21-3)11-19-20-14-7-5-4-6-8-14/h4-12,20H,1-3H3. The van der Waals surface area contributed by atoms with E-state index in [4.69, 9.17) is 9.47 Å². The van der Waals surface area contributed by atoms with Crippen LogP contribution in [-0.2, 0) is 0 Å². The molecule has 0 bridgehead atoms. The summed E-state index contributed by atoms with van der Waals surface area (Å²) in [6, 6.07) is 13.5. The summed E-state index contributed by atoms with van der Waals surface area (Å²) in [5.74, 6) is 1.38. The van der Waals surface area contributed by atoms with Crippen molar-refractivity contribution in [3.05, 3.63) is 52.5 Å². The normalized spacial score (nSPS) is 11.0. The summed E-state index contributed by atoms with van der Waals surface area (Å²) in [5.41, 5.74) is 4.81. The number of ether oxygens (including phenoxy) is 2. The van der Waals surface area contributed by atoms with Gasteiger partial charge in [-0.05, 0) is 54.0 Å². The average molecular weight is 363 g/mol. The second kappa shape index (κ2) is 7.84. The van der Waals surface area contributed by atoms with Gasteiger partial charge in [0.25, 0.3) is 0 Å². The lowest BCUT2D eigenvalue weighted by Crippen LogP contribution is -2.07. The fourth-order valence-corrected chi connectivity index (χ4v) is 2.27. The van der Waals surface area contributed by atoms with E-state index in [-0.39, 0.29) is 6.10 Å². The maximum absolute atomic E-state index is 5.73. The number of hydrogen-bond donors (Lipinski definition) is 1. The van der Waals surface area contributed by atoms with Crippen LogP contribution in [-0.4, -0.2) is 19.4 Å². The molecule has 0 amide bonds. The molecule has 5 heteroatoms. The van der Waals surface area contributed by atoms with Crippen LogP contribution in [0.5, 0.6) is 11.5 Å². The van der Waals surface area contributed by atoms with E-state index in [9.17, 15) is 0 Å². The van der Waals surface area contributed by atoms with Gasteiger partial charge in [0.2, 0.25) is 0 Å². The number of para-hydroxylation sites is 1. The predicted molar refractivity (Wildman–Crippen MR) is 94.1 cm³/mol. The van der Waals surface area contributed by atoms with Crippen molar-refractivity contribution in [2.24, 2.45) is 5.10 Å². The fraction of sp³-hybridized carbons (Fsp3) is 0.235. The van der Waals surface area contributed by atoms with Gasteiger partial charge in [0.1, 0.15) is 0 Å². The van der Waals surface area contributed by atoms with Crippen molar-refractivity contribution in [2.45, 2.75) is 20.0 Å². The minimum atomic E-state index is 0.0834. The van der Waals surface area contributed by atoms with Gasteiger partial charge in [0, 0.05) is 10.0 Å². The molecule has 0 fully saturated rings. The Morgan fingerprint density at radius 3 is 2.50 bits per heavy atom. The van der Waals surface area contributed by atoms with Crippen LogP contribution in [0, 0.1) is 0 Å². The molecule has 0 aliphatic rings. The van der Waals surface area contributed by atoms with Gasteiger partial charge in [0.15, 0.2) is 11.5 Å². The van der Waals surface area contributed by atoms with E-state index >= 15 is 0 Å². The third-order valence-corrected chi connectivity index (χ3v) is 3.50. The largest absolute Gasteiger partial charge is 0.493 e. The van der Waals surface area contributed by atoms with Crippen molar-refractivity contribution < 1.29 is 9.47 Å². The Labute approximate surface area is 139 Å². The van der Waals surface area contributed by atoms with Crippen LogP contribution in [0.2, 0.25) is 0 Å². The third kappa shape index (κ3) is 4.49. The zero-order valence-electron chi connectivity index (χ0n) is 12.8. The van der Waals surface area contributed by atoms with E-state index in [0.29, 0.717) is 11.5 Å². The van der Waals surface area contributed by atoms with E-state index in [0.717, 1.165) is 15.7 Å². The highest BCUT2D eigenvalue weighted by Crippen LogP contribution is 2.33. The maximum Gasteiger partial charge on any atom is 0.162 e. The van der Waals surface area contributed by atoms with Crippen molar-refractivity contribution >= 4 is 27.8 Å². The van der Waals surface area contributed by atoms with Gasteiger partial charge in [-0.15, -0.1) is 0 Å². The van der Waals surface area contributed by atoms with Crippen LogP contribution in [0.15, 0.2) is 52.0 Å². The van der Waals surface area contributed by atoms with Crippen LogP contribution in [0.1, 0.15) is 19.4 Å². The van der Waals surface area contributed by atoms with Crippen molar-refractivity contribution in [3.63, 3.8) is 0 Å². The quantitative estimate of drug-likeness (QED) is 0.598. The Hall–Kier alpha value is -2.01. The Kier molecular flexibility index (Phi) is 5.83. The monoisotopic (exact) mass is 362 g/mol. The van der Waals surface area contributed by atoms with Gasteiger partial charge in [-0.2, -0.15) is 5.10 Å². The number of halogens is 1. The summed E-state index contributed by atoms with van der Waals surface area (Å²) < 4.78 is 12.0. The minimum absolute atomic E-state index is 0.0834. The summed E-state index contributed by atoms with van der Waals surface area (Å²) in [6.45, 7) is 3.96. The molecule has 0 aromatic heterocycles. The van der Waals surface area contributed by atoms with Gasteiger partial charge in [-0.25, -0.2) is 0 Å². The van der Waals surface area contributed by atoms with E-state index < -0.39 is 0 Å². The smallest absolute Gasteiger partial charge is 0.162 e. The summed E-state index contributed by atoms with van der Waals surface area (Å²) in [7, 11) is 1.62. The highest BCUT2D eigenvalue weighted by molar-refractivity contribution is 9.10. The summed E-state index contributed by atoms with van der Waals surface area (Å²) >= 11 is 3.53. The SMILES string of the molecule is COc1cc(C=NNc2ccccc2)c(Br)cc1OC(C)C. The number of anilines is 1. The molecule has 116 valence electrons. The number of hydrogen-bond acceptors (Lipinski definition) is 4. The van der Waals surface area contributed by atoms with Crippen molar-refractivity contribution in [2.75, 3.05) is 12.5 Å². The predicted octanol–water partition coefficient (Wildman–Crippen LogP) is 4.69. The third-order valence-electron chi connectivity index (χ3n) is 2.82. The molecule has 0 saturated carbocycles. The van der Waals surface area contributed by atoms with Gasteiger partial charge in [-0.1, -0.05) is 18.2 Å². The highest BCUT2D eigenvalue weighted by Gasteiger charge is 2.10. The lowest BCUT2D eigenvalue weighted by Gasteiger charge is -2.14. The van der Waals surface area contributed by atoms with Gasteiger partial charge in [-0.3, -0.25) is 5.43 Å². The molecule has 4 nitrogen and oxygen atoms in total. The first kappa shape index (κ1) is 16.4. The number of rotatable bonds is 6. The molecule has 2 rings (SSSR count). The van der Waals surface area contributed by atoms with Crippen LogP contribution in [0.4, 0.5) is 5.69 Å². The molecule has 0 unspecified atom stereocenters. The van der Waals surface area contributed by atoms with E-state index in [2.05, 4.69) is 26.5 Å². The minimum Gasteiger partial charge on any atom is -0.493 e. The van der Waals surface area contributed by atoms with Gasteiger partial charge >= 0.3 is 0 Å². The molecule has 1 N–H and O–H groups in total. The average Bonchev–Trinajstić information content (AvgIpc) is 2.50. The van der Waals surface area contributed by atoms with E-state index in [1.807, 2.05) is 56.3 Å². The molecule has 0 saturated heterocycles. The molecule has 0 atom stereocenters. The van der Waals surface area contributed by atoms with Gasteiger partial charge in [0.05, 0.1) is 25.1 Å². The molecule has 0 spiro atoms. The van der Waals surface area contributed by atoms with Crippen LogP contribution in [0.25, 0.3) is 0 Å². The van der Waals surface area contributed by atoms with Crippen molar-refractivity contribution in [1.29, 1.82) is 0 Å². The topological polar surface area (TPSA) is 42.8 Å².